The molecule has 23 nitrogen and oxygen atoms in total. The van der Waals surface area contributed by atoms with Crippen molar-refractivity contribution in [1.29, 1.82) is 0 Å². The monoisotopic (exact) mass is 892 g/mol. The second kappa shape index (κ2) is 28.3. The zero-order chi connectivity index (χ0) is 46.3. The summed E-state index contributed by atoms with van der Waals surface area (Å²) in [5, 5.41) is 39.6. The standard InChI is InChI=1S/C35H60N10O13S2/c1-7-17(4)28(45-33(56)22(13-46)40-19(6)47)35(58)43-21(10-16(2)3)32(55)42-20(8-9-25(36)48)31(54)39-18(5)29(52)37-11-26(49)41-24(15-60)34(57)44-23(14-59)30(53)38-12-27(50)51/h16-18,20-24,28,46,59-60H,7-15H2,1-6H3,(H2,36,48)(H,37,52)(H,38,53)(H,39,54)(H,40,47)(H,41,49)(H,42,55)(H,43,58)(H,44,57)(H,45,56)(H,50,51)/t17-,18-,20-,21-,22-,23-,24-,28-/m0/s1. The maximum Gasteiger partial charge on any atom is 0.322 e. The Morgan fingerprint density at radius 3 is 1.60 bits per heavy atom. The van der Waals surface area contributed by atoms with Crippen molar-refractivity contribution in [1.82, 2.24) is 47.9 Å². The normalized spacial score (nSPS) is 14.8. The highest BCUT2D eigenvalue weighted by atomic mass is 32.1. The van der Waals surface area contributed by atoms with Gasteiger partial charge in [0.15, 0.2) is 0 Å². The summed E-state index contributed by atoms with van der Waals surface area (Å²) >= 11 is 8.00. The van der Waals surface area contributed by atoms with Crippen LogP contribution in [0.4, 0.5) is 0 Å². The summed E-state index contributed by atoms with van der Waals surface area (Å²) < 4.78 is 0. The largest absolute Gasteiger partial charge is 0.480 e. The minimum atomic E-state index is -1.45. The summed E-state index contributed by atoms with van der Waals surface area (Å²) in [5.74, 6) is -10.6. The minimum Gasteiger partial charge on any atom is -0.480 e. The summed E-state index contributed by atoms with van der Waals surface area (Å²) in [6.07, 6.45) is -0.224. The molecule has 0 aliphatic rings. The average Bonchev–Trinajstić information content (AvgIpc) is 3.18. The topological polar surface area (TPSA) is 363 Å². The second-order valence-corrected chi connectivity index (χ2v) is 14.9. The zero-order valence-electron chi connectivity index (χ0n) is 34.4. The van der Waals surface area contributed by atoms with Gasteiger partial charge in [0.2, 0.25) is 59.1 Å². The lowest BCUT2D eigenvalue weighted by Gasteiger charge is -2.29. The maximum atomic E-state index is 13.7. The maximum absolute atomic E-state index is 13.7. The average molecular weight is 893 g/mol. The van der Waals surface area contributed by atoms with Crippen molar-refractivity contribution in [2.45, 2.75) is 110 Å². The van der Waals surface area contributed by atoms with Crippen LogP contribution in [0, 0.1) is 11.8 Å². The summed E-state index contributed by atoms with van der Waals surface area (Å²) in [4.78, 5) is 138. The smallest absolute Gasteiger partial charge is 0.322 e. The van der Waals surface area contributed by atoms with E-state index in [2.05, 4.69) is 73.1 Å². The van der Waals surface area contributed by atoms with Gasteiger partial charge in [0.25, 0.3) is 0 Å². The highest BCUT2D eigenvalue weighted by molar-refractivity contribution is 7.80. The van der Waals surface area contributed by atoms with Crippen LogP contribution < -0.4 is 53.6 Å². The number of nitrogens with two attached hydrogens (primary N) is 1. The Kier molecular flexibility index (Phi) is 25.9. The Labute approximate surface area is 358 Å². The fourth-order valence-corrected chi connectivity index (χ4v) is 5.59. The fourth-order valence-electron chi connectivity index (χ4n) is 5.08. The molecule has 25 heteroatoms. The van der Waals surface area contributed by atoms with E-state index in [1.165, 1.54) is 6.92 Å². The van der Waals surface area contributed by atoms with E-state index in [0.717, 1.165) is 6.92 Å². The van der Waals surface area contributed by atoms with Crippen molar-refractivity contribution in [3.05, 3.63) is 0 Å². The molecule has 0 saturated carbocycles. The van der Waals surface area contributed by atoms with Crippen LogP contribution in [-0.2, 0) is 52.7 Å². The van der Waals surface area contributed by atoms with E-state index in [-0.39, 0.29) is 36.7 Å². The molecule has 0 rings (SSSR count). The molecule has 0 radical (unpaired) electrons. The van der Waals surface area contributed by atoms with Crippen LogP contribution in [0.5, 0.6) is 0 Å². The van der Waals surface area contributed by atoms with Crippen LogP contribution in [0.3, 0.4) is 0 Å². The number of amides is 10. The SMILES string of the molecule is CC[C@H](C)[C@H](NC(=O)[C@H](CO)NC(C)=O)C(=O)N[C@@H](CC(C)C)C(=O)N[C@@H](CCC(N)=O)C(=O)N[C@@H](C)C(=O)NCC(=O)N[C@@H](CS)C(=O)N[C@@H](CS)C(=O)NCC(=O)O. The van der Waals surface area contributed by atoms with E-state index in [1.54, 1.807) is 27.7 Å². The molecule has 0 heterocycles. The molecule has 0 aromatic carbocycles. The van der Waals surface area contributed by atoms with Crippen LogP contribution >= 0.6 is 25.3 Å². The highest BCUT2D eigenvalue weighted by Crippen LogP contribution is 2.12. The minimum absolute atomic E-state index is 0.0581. The summed E-state index contributed by atoms with van der Waals surface area (Å²) in [6, 6.07) is -9.14. The van der Waals surface area contributed by atoms with E-state index >= 15 is 0 Å². The number of thiol groups is 2. The molecule has 0 aliphatic carbocycles. The van der Waals surface area contributed by atoms with Gasteiger partial charge < -0.3 is 63.8 Å². The molecule has 340 valence electrons. The first-order valence-electron chi connectivity index (χ1n) is 19.0. The summed E-state index contributed by atoms with van der Waals surface area (Å²) in [7, 11) is 0. The van der Waals surface area contributed by atoms with Gasteiger partial charge in [-0.2, -0.15) is 25.3 Å². The number of hydrogen-bond acceptors (Lipinski definition) is 14. The number of rotatable bonds is 28. The van der Waals surface area contributed by atoms with Crippen molar-refractivity contribution >= 4 is 90.3 Å². The van der Waals surface area contributed by atoms with Crippen LogP contribution in [0.1, 0.15) is 67.2 Å². The van der Waals surface area contributed by atoms with Crippen molar-refractivity contribution in [2.24, 2.45) is 17.6 Å². The molecule has 0 saturated heterocycles. The van der Waals surface area contributed by atoms with Crippen molar-refractivity contribution < 1.29 is 63.0 Å². The number of aliphatic carboxylic acids is 1. The lowest BCUT2D eigenvalue weighted by molar-refractivity contribution is -0.138. The number of nitrogens with one attached hydrogen (secondary N) is 9. The number of aliphatic hydroxyl groups is 1. The molecular formula is C35H60N10O13S2. The highest BCUT2D eigenvalue weighted by Gasteiger charge is 2.34. The van der Waals surface area contributed by atoms with E-state index in [1.807, 2.05) is 0 Å². The predicted octanol–water partition coefficient (Wildman–Crippen LogP) is -5.05. The van der Waals surface area contributed by atoms with Gasteiger partial charge in [-0.25, -0.2) is 0 Å². The Morgan fingerprint density at radius 2 is 1.10 bits per heavy atom. The van der Waals surface area contributed by atoms with Crippen LogP contribution in [-0.4, -0.2) is 149 Å². The summed E-state index contributed by atoms with van der Waals surface area (Å²) in [6.45, 7) is 7.21. The number of carbonyl (C=O) groups excluding carboxylic acids is 10. The molecule has 0 bridgehead atoms. The van der Waals surface area contributed by atoms with Gasteiger partial charge in [0.05, 0.1) is 13.2 Å². The molecule has 13 N–H and O–H groups in total. The third kappa shape index (κ3) is 21.2. The van der Waals surface area contributed by atoms with Crippen LogP contribution in [0.25, 0.3) is 0 Å². The van der Waals surface area contributed by atoms with Gasteiger partial charge in [0.1, 0.15) is 48.8 Å². The molecular weight excluding hydrogens is 833 g/mol. The first-order valence-corrected chi connectivity index (χ1v) is 20.2. The van der Waals surface area contributed by atoms with E-state index < -0.39 is 133 Å². The Bertz CT molecular complexity index is 1550. The number of carbonyl (C=O) groups is 11. The van der Waals surface area contributed by atoms with Gasteiger partial charge >= 0.3 is 5.97 Å². The van der Waals surface area contributed by atoms with E-state index in [4.69, 9.17) is 10.8 Å². The first-order chi connectivity index (χ1) is 28.0. The molecule has 8 atom stereocenters. The Hall–Kier alpha value is -5.17. The van der Waals surface area contributed by atoms with Crippen LogP contribution in [0.2, 0.25) is 0 Å². The molecule has 10 amide bonds. The molecule has 0 aromatic heterocycles. The predicted molar refractivity (Wildman–Crippen MR) is 221 cm³/mol. The molecule has 0 fully saturated rings. The zero-order valence-corrected chi connectivity index (χ0v) is 36.2. The Morgan fingerprint density at radius 1 is 0.600 bits per heavy atom. The van der Waals surface area contributed by atoms with Gasteiger partial charge in [0, 0.05) is 24.9 Å². The summed E-state index contributed by atoms with van der Waals surface area (Å²) in [5.41, 5.74) is 5.30. The lowest BCUT2D eigenvalue weighted by atomic mass is 9.96. The van der Waals surface area contributed by atoms with Crippen LogP contribution in [0.15, 0.2) is 0 Å². The van der Waals surface area contributed by atoms with E-state index in [0.29, 0.717) is 6.42 Å². The molecule has 60 heavy (non-hydrogen) atoms. The van der Waals surface area contributed by atoms with Crippen molar-refractivity contribution in [3.8, 4) is 0 Å². The lowest BCUT2D eigenvalue weighted by Crippen LogP contribution is -2.60. The molecule has 0 spiro atoms. The molecule has 0 unspecified atom stereocenters. The molecule has 0 aromatic rings. The number of primary amides is 1. The third-order valence-electron chi connectivity index (χ3n) is 8.56. The fraction of sp³-hybridized carbons (Fsp3) is 0.686. The molecule has 0 aliphatic heterocycles. The number of carboxylic acids is 1. The number of hydrogen-bond donors (Lipinski definition) is 14. The quantitative estimate of drug-likeness (QED) is 0.0328. The van der Waals surface area contributed by atoms with Gasteiger partial charge in [-0.15, -0.1) is 0 Å². The number of carboxylic acid groups (broad SMARTS) is 1. The van der Waals surface area contributed by atoms with Gasteiger partial charge in [-0.3, -0.25) is 52.7 Å². The van der Waals surface area contributed by atoms with Gasteiger partial charge in [-0.05, 0) is 31.6 Å². The van der Waals surface area contributed by atoms with E-state index in [9.17, 15) is 57.8 Å². The van der Waals surface area contributed by atoms with Crippen molar-refractivity contribution in [3.63, 3.8) is 0 Å². The first kappa shape index (κ1) is 54.8. The van der Waals surface area contributed by atoms with Crippen molar-refractivity contribution in [2.75, 3.05) is 31.2 Å². The second-order valence-electron chi connectivity index (χ2n) is 14.2. The number of aliphatic hydroxyl groups excluding tert-OH is 1. The van der Waals surface area contributed by atoms with Gasteiger partial charge in [-0.1, -0.05) is 34.1 Å². The Balaban J connectivity index is 5.79. The third-order valence-corrected chi connectivity index (χ3v) is 9.29.